The van der Waals surface area contributed by atoms with Crippen LogP contribution in [0.3, 0.4) is 0 Å². The molecule has 6 heteroatoms. The van der Waals surface area contributed by atoms with E-state index in [0.717, 1.165) is 29.1 Å². The Kier molecular flexibility index (Phi) is 5.16. The SMILES string of the molecule is CCc1noc(CC)c1CC(=O)N[C@H]1CC(=O)N(c2ccccc2)C1. The number of nitrogens with one attached hydrogen (secondary N) is 1. The molecule has 1 fully saturated rings. The van der Waals surface area contributed by atoms with E-state index in [0.29, 0.717) is 19.4 Å². The summed E-state index contributed by atoms with van der Waals surface area (Å²) >= 11 is 0. The average molecular weight is 341 g/mol. The molecule has 1 aliphatic heterocycles. The number of benzene rings is 1. The Balaban J connectivity index is 1.63. The van der Waals surface area contributed by atoms with E-state index in [1.54, 1.807) is 4.90 Å². The zero-order chi connectivity index (χ0) is 17.8. The lowest BCUT2D eigenvalue weighted by molar-refractivity contribution is -0.121. The van der Waals surface area contributed by atoms with Crippen LogP contribution in [0.4, 0.5) is 5.69 Å². The molecule has 0 bridgehead atoms. The van der Waals surface area contributed by atoms with E-state index in [1.165, 1.54) is 0 Å². The van der Waals surface area contributed by atoms with E-state index in [4.69, 9.17) is 4.52 Å². The molecule has 1 aromatic carbocycles. The zero-order valence-electron chi connectivity index (χ0n) is 14.6. The van der Waals surface area contributed by atoms with Crippen molar-refractivity contribution in [1.29, 1.82) is 0 Å². The van der Waals surface area contributed by atoms with Crippen LogP contribution in [0.25, 0.3) is 0 Å². The first-order valence-corrected chi connectivity index (χ1v) is 8.73. The highest BCUT2D eigenvalue weighted by Gasteiger charge is 2.31. The van der Waals surface area contributed by atoms with Crippen molar-refractivity contribution in [2.75, 3.05) is 11.4 Å². The fraction of sp³-hybridized carbons (Fsp3) is 0.421. The standard InChI is InChI=1S/C19H23N3O3/c1-3-16-15(17(4-2)25-21-16)11-18(23)20-13-10-19(24)22(12-13)14-8-6-5-7-9-14/h5-9,13H,3-4,10-12H2,1-2H3,(H,20,23)/t13-/m0/s1. The van der Waals surface area contributed by atoms with E-state index < -0.39 is 0 Å². The highest BCUT2D eigenvalue weighted by Crippen LogP contribution is 2.21. The number of aromatic nitrogens is 1. The molecule has 0 aliphatic carbocycles. The Morgan fingerprint density at radius 3 is 2.72 bits per heavy atom. The Morgan fingerprint density at radius 2 is 2.04 bits per heavy atom. The van der Waals surface area contributed by atoms with Gasteiger partial charge in [-0.15, -0.1) is 0 Å². The van der Waals surface area contributed by atoms with Crippen molar-refractivity contribution >= 4 is 17.5 Å². The van der Waals surface area contributed by atoms with E-state index in [1.807, 2.05) is 44.2 Å². The van der Waals surface area contributed by atoms with Gasteiger partial charge < -0.3 is 14.7 Å². The second kappa shape index (κ2) is 7.51. The van der Waals surface area contributed by atoms with Gasteiger partial charge in [0.2, 0.25) is 11.8 Å². The van der Waals surface area contributed by atoms with Gasteiger partial charge in [-0.25, -0.2) is 0 Å². The Morgan fingerprint density at radius 1 is 1.28 bits per heavy atom. The van der Waals surface area contributed by atoms with Crippen LogP contribution in [0, 0.1) is 0 Å². The monoisotopic (exact) mass is 341 g/mol. The molecular weight excluding hydrogens is 318 g/mol. The summed E-state index contributed by atoms with van der Waals surface area (Å²) in [7, 11) is 0. The number of hydrogen-bond donors (Lipinski definition) is 1. The molecule has 1 aliphatic rings. The molecule has 0 radical (unpaired) electrons. The first-order valence-electron chi connectivity index (χ1n) is 8.73. The van der Waals surface area contributed by atoms with Crippen molar-refractivity contribution in [2.45, 2.75) is 45.6 Å². The Hall–Kier alpha value is -2.63. The van der Waals surface area contributed by atoms with Crippen LogP contribution in [0.1, 0.15) is 37.3 Å². The predicted molar refractivity (Wildman–Crippen MR) is 94.3 cm³/mol. The third kappa shape index (κ3) is 3.73. The number of amides is 2. The van der Waals surface area contributed by atoms with Crippen LogP contribution in [-0.4, -0.2) is 29.6 Å². The molecule has 1 saturated heterocycles. The van der Waals surface area contributed by atoms with Crippen molar-refractivity contribution in [3.8, 4) is 0 Å². The summed E-state index contributed by atoms with van der Waals surface area (Å²) < 4.78 is 5.31. The minimum absolute atomic E-state index is 0.0324. The largest absolute Gasteiger partial charge is 0.361 e. The second-order valence-electron chi connectivity index (χ2n) is 6.22. The van der Waals surface area contributed by atoms with Crippen LogP contribution in [0.2, 0.25) is 0 Å². The predicted octanol–water partition coefficient (Wildman–Crippen LogP) is 2.26. The van der Waals surface area contributed by atoms with Crippen molar-refractivity contribution in [3.63, 3.8) is 0 Å². The molecule has 2 amide bonds. The quantitative estimate of drug-likeness (QED) is 0.874. The average Bonchev–Trinajstić information content (AvgIpc) is 3.18. The fourth-order valence-electron chi connectivity index (χ4n) is 3.24. The maximum Gasteiger partial charge on any atom is 0.229 e. The van der Waals surface area contributed by atoms with Gasteiger partial charge in [0.25, 0.3) is 0 Å². The van der Waals surface area contributed by atoms with Gasteiger partial charge in [-0.05, 0) is 18.6 Å². The molecule has 1 N–H and O–H groups in total. The number of nitrogens with zero attached hydrogens (tertiary/aromatic N) is 2. The molecule has 2 heterocycles. The maximum atomic E-state index is 12.4. The van der Waals surface area contributed by atoms with Crippen LogP contribution < -0.4 is 10.2 Å². The number of aryl methyl sites for hydroxylation is 2. The van der Waals surface area contributed by atoms with Crippen molar-refractivity contribution < 1.29 is 14.1 Å². The number of hydrogen-bond acceptors (Lipinski definition) is 4. The molecular formula is C19H23N3O3. The first kappa shape index (κ1) is 17.2. The van der Waals surface area contributed by atoms with Crippen LogP contribution in [0.15, 0.2) is 34.9 Å². The number of anilines is 1. The lowest BCUT2D eigenvalue weighted by Crippen LogP contribution is -2.38. The van der Waals surface area contributed by atoms with Gasteiger partial charge in [-0.1, -0.05) is 37.2 Å². The minimum Gasteiger partial charge on any atom is -0.361 e. The van der Waals surface area contributed by atoms with Gasteiger partial charge in [-0.2, -0.15) is 0 Å². The van der Waals surface area contributed by atoms with E-state index >= 15 is 0 Å². The number of carbonyl (C=O) groups is 2. The number of para-hydroxylation sites is 1. The summed E-state index contributed by atoms with van der Waals surface area (Å²) in [6.07, 6.45) is 2.01. The lowest BCUT2D eigenvalue weighted by Gasteiger charge is -2.17. The normalized spacial score (nSPS) is 17.1. The van der Waals surface area contributed by atoms with Gasteiger partial charge in [0, 0.05) is 30.6 Å². The maximum absolute atomic E-state index is 12.4. The summed E-state index contributed by atoms with van der Waals surface area (Å²) in [6, 6.07) is 9.35. The Bertz CT molecular complexity index is 733. The van der Waals surface area contributed by atoms with Gasteiger partial charge in [0.05, 0.1) is 18.2 Å². The molecule has 0 saturated carbocycles. The molecule has 1 aromatic heterocycles. The van der Waals surface area contributed by atoms with Gasteiger partial charge in [0.15, 0.2) is 0 Å². The lowest BCUT2D eigenvalue weighted by atomic mass is 10.1. The van der Waals surface area contributed by atoms with Crippen molar-refractivity contribution in [2.24, 2.45) is 0 Å². The smallest absolute Gasteiger partial charge is 0.229 e. The molecule has 25 heavy (non-hydrogen) atoms. The topological polar surface area (TPSA) is 75.4 Å². The third-order valence-corrected chi connectivity index (χ3v) is 4.50. The molecule has 3 rings (SSSR count). The van der Waals surface area contributed by atoms with Crippen LogP contribution in [0.5, 0.6) is 0 Å². The summed E-state index contributed by atoms with van der Waals surface area (Å²) in [5.41, 5.74) is 2.58. The molecule has 1 atom stereocenters. The van der Waals surface area contributed by atoms with E-state index in [2.05, 4.69) is 10.5 Å². The van der Waals surface area contributed by atoms with Crippen LogP contribution >= 0.6 is 0 Å². The van der Waals surface area contributed by atoms with E-state index in [9.17, 15) is 9.59 Å². The molecule has 6 nitrogen and oxygen atoms in total. The van der Waals surface area contributed by atoms with Crippen molar-refractivity contribution in [3.05, 3.63) is 47.3 Å². The fourth-order valence-corrected chi connectivity index (χ4v) is 3.24. The first-order chi connectivity index (χ1) is 12.1. The summed E-state index contributed by atoms with van der Waals surface area (Å²) in [6.45, 7) is 4.47. The summed E-state index contributed by atoms with van der Waals surface area (Å²) in [4.78, 5) is 26.4. The highest BCUT2D eigenvalue weighted by atomic mass is 16.5. The van der Waals surface area contributed by atoms with E-state index in [-0.39, 0.29) is 24.3 Å². The Labute approximate surface area is 147 Å². The summed E-state index contributed by atoms with van der Waals surface area (Å²) in [5, 5.41) is 7.02. The zero-order valence-corrected chi connectivity index (χ0v) is 14.6. The molecule has 0 spiro atoms. The molecule has 0 unspecified atom stereocenters. The van der Waals surface area contributed by atoms with Crippen LogP contribution in [-0.2, 0) is 28.9 Å². The second-order valence-corrected chi connectivity index (χ2v) is 6.22. The number of rotatable bonds is 6. The molecule has 132 valence electrons. The number of carbonyl (C=O) groups excluding carboxylic acids is 2. The molecule has 2 aromatic rings. The third-order valence-electron chi connectivity index (χ3n) is 4.50. The minimum atomic E-state index is -0.171. The van der Waals surface area contributed by atoms with Crippen molar-refractivity contribution in [1.82, 2.24) is 10.5 Å². The van der Waals surface area contributed by atoms with Gasteiger partial charge in [0.1, 0.15) is 5.76 Å². The van der Waals surface area contributed by atoms with Gasteiger partial charge >= 0.3 is 0 Å². The summed E-state index contributed by atoms with van der Waals surface area (Å²) in [5.74, 6) is 0.700. The van der Waals surface area contributed by atoms with Gasteiger partial charge in [-0.3, -0.25) is 9.59 Å². The highest BCUT2D eigenvalue weighted by molar-refractivity contribution is 5.96.